The maximum atomic E-state index is 9.12. The number of nitrogens with zero attached hydrogens (tertiary/aromatic N) is 3. The van der Waals surface area contributed by atoms with Gasteiger partial charge in [-0.05, 0) is 111 Å². The molecule has 0 spiro atoms. The van der Waals surface area contributed by atoms with Crippen molar-refractivity contribution in [3.8, 4) is 6.07 Å². The average molecular weight is 483 g/mol. The highest BCUT2D eigenvalue weighted by Crippen LogP contribution is 2.50. The first-order valence-electron chi connectivity index (χ1n) is 14.6. The van der Waals surface area contributed by atoms with Crippen LogP contribution in [-0.2, 0) is 12.0 Å². The molecule has 3 aliphatic heterocycles. The predicted molar refractivity (Wildman–Crippen MR) is 147 cm³/mol. The lowest BCUT2D eigenvalue weighted by molar-refractivity contribution is 0.0500. The number of likely N-dealkylation sites (tertiary alicyclic amines) is 1. The van der Waals surface area contributed by atoms with Crippen LogP contribution in [-0.4, -0.2) is 44.2 Å². The van der Waals surface area contributed by atoms with Gasteiger partial charge in [-0.25, -0.2) is 0 Å². The third kappa shape index (κ3) is 4.57. The fourth-order valence-electron chi connectivity index (χ4n) is 8.22. The summed E-state index contributed by atoms with van der Waals surface area (Å²) in [6.07, 6.45) is 12.1. The van der Waals surface area contributed by atoms with Crippen molar-refractivity contribution in [1.82, 2.24) is 10.2 Å². The summed E-state index contributed by atoms with van der Waals surface area (Å²) in [5, 5.41) is 13.3. The van der Waals surface area contributed by atoms with E-state index in [0.717, 1.165) is 43.0 Å². The van der Waals surface area contributed by atoms with Gasteiger partial charge in [-0.15, -0.1) is 0 Å². The van der Waals surface area contributed by atoms with Crippen molar-refractivity contribution in [3.63, 3.8) is 0 Å². The van der Waals surface area contributed by atoms with Crippen molar-refractivity contribution in [2.45, 2.75) is 63.3 Å². The van der Waals surface area contributed by atoms with Gasteiger partial charge < -0.3 is 15.1 Å². The molecule has 4 aliphatic rings. The third-order valence-corrected chi connectivity index (χ3v) is 9.90. The van der Waals surface area contributed by atoms with E-state index in [9.17, 15) is 0 Å². The van der Waals surface area contributed by atoms with Gasteiger partial charge in [0.15, 0.2) is 0 Å². The van der Waals surface area contributed by atoms with Gasteiger partial charge in [0.2, 0.25) is 0 Å². The van der Waals surface area contributed by atoms with Gasteiger partial charge >= 0.3 is 0 Å². The summed E-state index contributed by atoms with van der Waals surface area (Å²) >= 11 is 0. The Labute approximate surface area is 217 Å². The summed E-state index contributed by atoms with van der Waals surface area (Å²) in [4.78, 5) is 5.32. The molecule has 2 aromatic carbocycles. The van der Waals surface area contributed by atoms with Crippen LogP contribution in [0.15, 0.2) is 48.5 Å². The molecule has 36 heavy (non-hydrogen) atoms. The second-order valence-electron chi connectivity index (χ2n) is 11.9. The number of nitriles is 1. The molecule has 6 rings (SSSR count). The number of hydrogen-bond acceptors (Lipinski definition) is 4. The number of fused-ring (bicyclic) bond motifs is 1. The molecule has 2 atom stereocenters. The van der Waals surface area contributed by atoms with E-state index in [-0.39, 0.29) is 5.54 Å². The molecule has 4 nitrogen and oxygen atoms in total. The lowest BCUT2D eigenvalue weighted by Crippen LogP contribution is -2.59. The Morgan fingerprint density at radius 2 is 1.61 bits per heavy atom. The van der Waals surface area contributed by atoms with Crippen LogP contribution >= 0.6 is 0 Å². The molecular weight excluding hydrogens is 440 g/mol. The Bertz CT molecular complexity index is 1060. The maximum absolute atomic E-state index is 9.12. The van der Waals surface area contributed by atoms with E-state index in [4.69, 9.17) is 5.26 Å². The van der Waals surface area contributed by atoms with Crippen LogP contribution in [0.2, 0.25) is 0 Å². The highest BCUT2D eigenvalue weighted by atomic mass is 15.2. The molecule has 3 fully saturated rings. The first-order valence-corrected chi connectivity index (χ1v) is 14.6. The van der Waals surface area contributed by atoms with Gasteiger partial charge in [0, 0.05) is 37.4 Å². The van der Waals surface area contributed by atoms with Crippen molar-refractivity contribution in [1.29, 1.82) is 5.26 Å². The normalized spacial score (nSPS) is 28.1. The van der Waals surface area contributed by atoms with Crippen molar-refractivity contribution in [2.24, 2.45) is 17.8 Å². The molecular formula is C32H42N4. The smallest absolute Gasteiger partial charge is 0.0991 e. The average Bonchev–Trinajstić information content (AvgIpc) is 3.49. The van der Waals surface area contributed by atoms with Gasteiger partial charge in [0.1, 0.15) is 0 Å². The van der Waals surface area contributed by atoms with Gasteiger partial charge in [0.25, 0.3) is 0 Å². The van der Waals surface area contributed by atoms with Crippen molar-refractivity contribution >= 4 is 5.69 Å². The zero-order valence-electron chi connectivity index (χ0n) is 21.8. The van der Waals surface area contributed by atoms with Gasteiger partial charge in [-0.1, -0.05) is 37.1 Å². The second kappa shape index (κ2) is 10.6. The van der Waals surface area contributed by atoms with E-state index in [1.807, 2.05) is 12.1 Å². The van der Waals surface area contributed by atoms with E-state index >= 15 is 0 Å². The van der Waals surface area contributed by atoms with Crippen LogP contribution in [0.25, 0.3) is 0 Å². The molecule has 2 saturated heterocycles. The quantitative estimate of drug-likeness (QED) is 0.592. The standard InChI is InChI=1S/C32H42N4/c33-22-25-11-13-30(14-12-25)36-19-5-6-26(24-36)23-35-20-16-29(17-21-35)32(28-8-2-3-9-28)31-10-4-1-7-27(31)15-18-34-32/h1,4,7,10-14,26,28-29,34H,2-3,5-6,8-9,15-21,23-24H2. The number of piperidine rings is 2. The zero-order chi connectivity index (χ0) is 24.4. The molecule has 0 amide bonds. The van der Waals surface area contributed by atoms with Crippen LogP contribution in [0.4, 0.5) is 5.69 Å². The minimum atomic E-state index is 0.203. The van der Waals surface area contributed by atoms with E-state index in [2.05, 4.69) is 57.6 Å². The number of anilines is 1. The molecule has 2 aromatic rings. The summed E-state index contributed by atoms with van der Waals surface area (Å²) in [6.45, 7) is 7.15. The Morgan fingerprint density at radius 3 is 2.39 bits per heavy atom. The molecule has 4 heteroatoms. The van der Waals surface area contributed by atoms with Crippen molar-refractivity contribution < 1.29 is 0 Å². The zero-order valence-corrected chi connectivity index (χ0v) is 21.8. The van der Waals surface area contributed by atoms with Crippen LogP contribution in [0, 0.1) is 29.1 Å². The predicted octanol–water partition coefficient (Wildman–Crippen LogP) is 5.72. The van der Waals surface area contributed by atoms with E-state index in [1.165, 1.54) is 83.1 Å². The fourth-order valence-corrected chi connectivity index (χ4v) is 8.22. The minimum absolute atomic E-state index is 0.203. The lowest BCUT2D eigenvalue weighted by atomic mass is 9.63. The first kappa shape index (κ1) is 24.0. The number of nitrogens with one attached hydrogen (secondary N) is 1. The molecule has 1 N–H and O–H groups in total. The maximum Gasteiger partial charge on any atom is 0.0991 e. The summed E-state index contributed by atoms with van der Waals surface area (Å²) in [5.41, 5.74) is 5.48. The summed E-state index contributed by atoms with van der Waals surface area (Å²) in [5.74, 6) is 2.29. The molecule has 0 aromatic heterocycles. The van der Waals surface area contributed by atoms with Crippen molar-refractivity contribution in [3.05, 3.63) is 65.2 Å². The Hall–Kier alpha value is -2.35. The van der Waals surface area contributed by atoms with E-state index < -0.39 is 0 Å². The Kier molecular flexibility index (Phi) is 7.04. The number of benzene rings is 2. The molecule has 0 bridgehead atoms. The summed E-state index contributed by atoms with van der Waals surface area (Å²) in [6, 6.07) is 19.8. The molecule has 1 saturated carbocycles. The second-order valence-corrected chi connectivity index (χ2v) is 11.9. The largest absolute Gasteiger partial charge is 0.371 e. The molecule has 3 heterocycles. The van der Waals surface area contributed by atoms with Crippen LogP contribution in [0.3, 0.4) is 0 Å². The number of rotatable bonds is 5. The van der Waals surface area contributed by atoms with Gasteiger partial charge in [0.05, 0.1) is 11.6 Å². The highest BCUT2D eigenvalue weighted by molar-refractivity contribution is 5.50. The Balaban J connectivity index is 1.11. The van der Waals surface area contributed by atoms with Crippen LogP contribution in [0.5, 0.6) is 0 Å². The van der Waals surface area contributed by atoms with Crippen LogP contribution < -0.4 is 10.2 Å². The summed E-state index contributed by atoms with van der Waals surface area (Å²) in [7, 11) is 0. The Morgan fingerprint density at radius 1 is 0.861 bits per heavy atom. The monoisotopic (exact) mass is 482 g/mol. The minimum Gasteiger partial charge on any atom is -0.371 e. The van der Waals surface area contributed by atoms with E-state index in [0.29, 0.717) is 0 Å². The van der Waals surface area contributed by atoms with Gasteiger partial charge in [-0.3, -0.25) is 0 Å². The lowest BCUT2D eigenvalue weighted by Gasteiger charge is -2.52. The van der Waals surface area contributed by atoms with Gasteiger partial charge in [-0.2, -0.15) is 5.26 Å². The SMILES string of the molecule is N#Cc1ccc(N2CCCC(CN3CCC(C4(C5CCCC5)NCCc5ccccc54)CC3)C2)cc1. The molecule has 0 radical (unpaired) electrons. The molecule has 190 valence electrons. The topological polar surface area (TPSA) is 42.3 Å². The third-order valence-electron chi connectivity index (χ3n) is 9.90. The number of hydrogen-bond donors (Lipinski definition) is 1. The highest BCUT2D eigenvalue weighted by Gasteiger charge is 2.49. The van der Waals surface area contributed by atoms with E-state index in [1.54, 1.807) is 11.1 Å². The molecule has 1 aliphatic carbocycles. The molecule has 2 unspecified atom stereocenters. The summed E-state index contributed by atoms with van der Waals surface area (Å²) < 4.78 is 0. The van der Waals surface area contributed by atoms with Crippen molar-refractivity contribution in [2.75, 3.05) is 44.2 Å². The first-order chi connectivity index (χ1) is 17.8. The fraction of sp³-hybridized carbons (Fsp3) is 0.594. The van der Waals surface area contributed by atoms with Crippen LogP contribution in [0.1, 0.15) is 68.1 Å².